The first kappa shape index (κ1) is 12.0. The normalized spacial score (nSPS) is 10.7. The summed E-state index contributed by atoms with van der Waals surface area (Å²) in [6, 6.07) is 13.8. The van der Waals surface area contributed by atoms with E-state index in [1.54, 1.807) is 18.2 Å². The first-order valence-electron chi connectivity index (χ1n) is 5.49. The molecule has 0 unspecified atom stereocenters. The molecule has 2 aromatic rings. The van der Waals surface area contributed by atoms with Gasteiger partial charge in [-0.3, -0.25) is 4.79 Å². The second-order valence-electron chi connectivity index (χ2n) is 3.83. The number of hydrogen-bond donors (Lipinski definition) is 1. The highest BCUT2D eigenvalue weighted by atomic mass is 19.1. The van der Waals surface area contributed by atoms with Gasteiger partial charge in [0.15, 0.2) is 0 Å². The van der Waals surface area contributed by atoms with Crippen molar-refractivity contribution in [1.82, 2.24) is 0 Å². The smallest absolute Gasteiger partial charge is 0.241 e. The van der Waals surface area contributed by atoms with Gasteiger partial charge < -0.3 is 5.73 Å². The summed E-state index contributed by atoms with van der Waals surface area (Å²) in [6.07, 6.45) is 2.96. The summed E-state index contributed by atoms with van der Waals surface area (Å²) in [6.45, 7) is 0. The van der Waals surface area contributed by atoms with Gasteiger partial charge in [-0.05, 0) is 34.9 Å². The minimum Gasteiger partial charge on any atom is -0.366 e. The van der Waals surface area contributed by atoms with Crippen LogP contribution in [-0.4, -0.2) is 5.91 Å². The SMILES string of the molecule is NC(=O)/C=C/c1ccccc1-c1ccc(F)cc1. The van der Waals surface area contributed by atoms with Crippen LogP contribution >= 0.6 is 0 Å². The number of carbonyl (C=O) groups is 1. The third kappa shape index (κ3) is 2.83. The first-order valence-corrected chi connectivity index (χ1v) is 5.49. The molecule has 0 aliphatic heterocycles. The minimum absolute atomic E-state index is 0.274. The molecule has 18 heavy (non-hydrogen) atoms. The Morgan fingerprint density at radius 2 is 1.72 bits per heavy atom. The van der Waals surface area contributed by atoms with E-state index >= 15 is 0 Å². The molecule has 0 bridgehead atoms. The van der Waals surface area contributed by atoms with Gasteiger partial charge in [-0.15, -0.1) is 0 Å². The maximum absolute atomic E-state index is 12.9. The Morgan fingerprint density at radius 1 is 1.06 bits per heavy atom. The molecule has 2 aromatic carbocycles. The summed E-state index contributed by atoms with van der Waals surface area (Å²) in [4.78, 5) is 10.8. The molecule has 2 nitrogen and oxygen atoms in total. The third-order valence-corrected chi connectivity index (χ3v) is 2.54. The van der Waals surface area contributed by atoms with Crippen LogP contribution < -0.4 is 5.73 Å². The van der Waals surface area contributed by atoms with Crippen LogP contribution in [0, 0.1) is 5.82 Å². The van der Waals surface area contributed by atoms with E-state index in [2.05, 4.69) is 0 Å². The van der Waals surface area contributed by atoms with E-state index in [0.29, 0.717) is 0 Å². The Labute approximate surface area is 105 Å². The van der Waals surface area contributed by atoms with Gasteiger partial charge >= 0.3 is 0 Å². The summed E-state index contributed by atoms with van der Waals surface area (Å²) in [5.74, 6) is -0.771. The van der Waals surface area contributed by atoms with Crippen molar-refractivity contribution in [1.29, 1.82) is 0 Å². The lowest BCUT2D eigenvalue weighted by Crippen LogP contribution is -2.05. The molecule has 0 fully saturated rings. The van der Waals surface area contributed by atoms with Crippen LogP contribution in [0.15, 0.2) is 54.6 Å². The molecule has 2 rings (SSSR count). The zero-order valence-electron chi connectivity index (χ0n) is 9.64. The fourth-order valence-corrected chi connectivity index (χ4v) is 1.71. The predicted molar refractivity (Wildman–Crippen MR) is 70.1 cm³/mol. The molecule has 0 heterocycles. The fourth-order valence-electron chi connectivity index (χ4n) is 1.71. The molecule has 0 saturated heterocycles. The number of amides is 1. The number of carbonyl (C=O) groups excluding carboxylic acids is 1. The highest BCUT2D eigenvalue weighted by Gasteiger charge is 2.02. The van der Waals surface area contributed by atoms with E-state index in [-0.39, 0.29) is 5.82 Å². The topological polar surface area (TPSA) is 43.1 Å². The van der Waals surface area contributed by atoms with Crippen LogP contribution in [0.2, 0.25) is 0 Å². The van der Waals surface area contributed by atoms with Crippen molar-refractivity contribution >= 4 is 12.0 Å². The maximum Gasteiger partial charge on any atom is 0.241 e. The highest BCUT2D eigenvalue weighted by Crippen LogP contribution is 2.24. The molecule has 2 N–H and O–H groups in total. The largest absolute Gasteiger partial charge is 0.366 e. The molecule has 0 atom stereocenters. The summed E-state index contributed by atoms with van der Waals surface area (Å²) in [5.41, 5.74) is 7.75. The number of rotatable bonds is 3. The second kappa shape index (κ2) is 5.27. The van der Waals surface area contributed by atoms with Crippen molar-refractivity contribution < 1.29 is 9.18 Å². The molecule has 90 valence electrons. The van der Waals surface area contributed by atoms with Gasteiger partial charge in [-0.2, -0.15) is 0 Å². The quantitative estimate of drug-likeness (QED) is 0.825. The first-order chi connectivity index (χ1) is 8.66. The van der Waals surface area contributed by atoms with Gasteiger partial charge in [0.2, 0.25) is 5.91 Å². The second-order valence-corrected chi connectivity index (χ2v) is 3.83. The summed E-state index contributed by atoms with van der Waals surface area (Å²) in [5, 5.41) is 0. The molecular formula is C15H12FNO. The van der Waals surface area contributed by atoms with Gasteiger partial charge in [0.05, 0.1) is 0 Å². The molecule has 0 aliphatic rings. The van der Waals surface area contributed by atoms with E-state index in [1.165, 1.54) is 18.2 Å². The minimum atomic E-state index is -0.496. The zero-order valence-corrected chi connectivity index (χ0v) is 9.64. The average Bonchev–Trinajstić information content (AvgIpc) is 2.38. The summed E-state index contributed by atoms with van der Waals surface area (Å²) in [7, 11) is 0. The Morgan fingerprint density at radius 3 is 2.39 bits per heavy atom. The van der Waals surface area contributed by atoms with E-state index in [9.17, 15) is 9.18 Å². The van der Waals surface area contributed by atoms with Crippen molar-refractivity contribution in [2.45, 2.75) is 0 Å². The van der Waals surface area contributed by atoms with E-state index < -0.39 is 5.91 Å². The average molecular weight is 241 g/mol. The number of hydrogen-bond acceptors (Lipinski definition) is 1. The van der Waals surface area contributed by atoms with E-state index in [1.807, 2.05) is 24.3 Å². The number of halogens is 1. The Bertz CT molecular complexity index is 588. The Balaban J connectivity index is 2.44. The molecule has 0 radical (unpaired) electrons. The van der Waals surface area contributed by atoms with Crippen molar-refractivity contribution in [2.75, 3.05) is 0 Å². The molecule has 0 saturated carbocycles. The molecule has 0 aliphatic carbocycles. The van der Waals surface area contributed by atoms with Crippen LogP contribution in [-0.2, 0) is 4.79 Å². The standard InChI is InChI=1S/C15H12FNO/c16-13-8-5-12(6-9-13)14-4-2-1-3-11(14)7-10-15(17)18/h1-10H,(H2,17,18)/b10-7+. The van der Waals surface area contributed by atoms with Crippen LogP contribution in [0.4, 0.5) is 4.39 Å². The highest BCUT2D eigenvalue weighted by molar-refractivity contribution is 5.91. The monoisotopic (exact) mass is 241 g/mol. The van der Waals surface area contributed by atoms with Crippen molar-refractivity contribution in [2.24, 2.45) is 5.73 Å². The predicted octanol–water partition coefficient (Wildman–Crippen LogP) is 2.99. The Hall–Kier alpha value is -2.42. The number of primary amides is 1. The van der Waals surface area contributed by atoms with Gasteiger partial charge in [0, 0.05) is 6.08 Å². The Kier molecular flexibility index (Phi) is 3.53. The van der Waals surface area contributed by atoms with Gasteiger partial charge in [0.1, 0.15) is 5.82 Å². The molecule has 1 amide bonds. The molecule has 0 spiro atoms. The van der Waals surface area contributed by atoms with Gasteiger partial charge in [-0.1, -0.05) is 36.4 Å². The summed E-state index contributed by atoms with van der Waals surface area (Å²) >= 11 is 0. The lowest BCUT2D eigenvalue weighted by molar-refractivity contribution is -0.113. The van der Waals surface area contributed by atoms with Crippen LogP contribution in [0.1, 0.15) is 5.56 Å². The number of nitrogens with two attached hydrogens (primary N) is 1. The van der Waals surface area contributed by atoms with Crippen molar-refractivity contribution in [3.05, 3.63) is 66.0 Å². The van der Waals surface area contributed by atoms with Crippen molar-refractivity contribution in [3.8, 4) is 11.1 Å². The lowest BCUT2D eigenvalue weighted by atomic mass is 9.99. The fraction of sp³-hybridized carbons (Fsp3) is 0. The van der Waals surface area contributed by atoms with Gasteiger partial charge in [0.25, 0.3) is 0 Å². The van der Waals surface area contributed by atoms with E-state index in [0.717, 1.165) is 16.7 Å². The van der Waals surface area contributed by atoms with Crippen LogP contribution in [0.25, 0.3) is 17.2 Å². The number of benzene rings is 2. The van der Waals surface area contributed by atoms with Crippen molar-refractivity contribution in [3.63, 3.8) is 0 Å². The third-order valence-electron chi connectivity index (χ3n) is 2.54. The molecule has 3 heteroatoms. The maximum atomic E-state index is 12.9. The van der Waals surface area contributed by atoms with Crippen LogP contribution in [0.3, 0.4) is 0 Å². The zero-order chi connectivity index (χ0) is 13.0. The van der Waals surface area contributed by atoms with Crippen LogP contribution in [0.5, 0.6) is 0 Å². The summed E-state index contributed by atoms with van der Waals surface area (Å²) < 4.78 is 12.9. The molecule has 0 aromatic heterocycles. The lowest BCUT2D eigenvalue weighted by Gasteiger charge is -2.05. The van der Waals surface area contributed by atoms with E-state index in [4.69, 9.17) is 5.73 Å². The van der Waals surface area contributed by atoms with Gasteiger partial charge in [-0.25, -0.2) is 4.39 Å². The molecular weight excluding hydrogens is 229 g/mol.